The molecule has 2 rings (SSSR count). The molecule has 0 saturated heterocycles. The Morgan fingerprint density at radius 2 is 1.84 bits per heavy atom. The number of methoxy groups -OCH3 is 2. The topological polar surface area (TPSA) is 88.7 Å². The van der Waals surface area contributed by atoms with Crippen LogP contribution in [0.4, 0.5) is 4.79 Å². The maximum atomic E-state index is 11.9. The van der Waals surface area contributed by atoms with Crippen LogP contribution in [0.3, 0.4) is 0 Å². The van der Waals surface area contributed by atoms with E-state index in [2.05, 4.69) is 16.0 Å². The fourth-order valence-electron chi connectivity index (χ4n) is 2.92. The number of nitrogens with one attached hydrogen (secondary N) is 3. The predicted molar refractivity (Wildman–Crippen MR) is 94.8 cm³/mol. The third-order valence-corrected chi connectivity index (χ3v) is 4.31. The second-order valence-electron chi connectivity index (χ2n) is 6.12. The van der Waals surface area contributed by atoms with Crippen LogP contribution in [0.25, 0.3) is 0 Å². The minimum atomic E-state index is -0.392. The van der Waals surface area contributed by atoms with Gasteiger partial charge in [-0.3, -0.25) is 4.79 Å². The minimum absolute atomic E-state index is 0.0257. The summed E-state index contributed by atoms with van der Waals surface area (Å²) in [5.41, 5.74) is 0.824. The van der Waals surface area contributed by atoms with Crippen molar-refractivity contribution >= 4 is 11.9 Å². The van der Waals surface area contributed by atoms with Gasteiger partial charge in [-0.05, 0) is 25.0 Å². The Labute approximate surface area is 148 Å². The molecule has 7 nitrogen and oxygen atoms in total. The molecule has 0 aliphatic heterocycles. The number of carbonyl (C=O) groups excluding carboxylic acids is 2. The van der Waals surface area contributed by atoms with Crippen molar-refractivity contribution in [2.75, 3.05) is 20.8 Å². The number of urea groups is 1. The summed E-state index contributed by atoms with van der Waals surface area (Å²) in [7, 11) is 3.15. The average molecular weight is 349 g/mol. The van der Waals surface area contributed by atoms with Crippen molar-refractivity contribution in [3.63, 3.8) is 0 Å². The van der Waals surface area contributed by atoms with Crippen LogP contribution in [-0.4, -0.2) is 38.7 Å². The normalized spacial score (nSPS) is 14.5. The monoisotopic (exact) mass is 349 g/mol. The first-order valence-corrected chi connectivity index (χ1v) is 8.64. The van der Waals surface area contributed by atoms with Crippen LogP contribution in [0.1, 0.15) is 37.7 Å². The van der Waals surface area contributed by atoms with Gasteiger partial charge >= 0.3 is 6.03 Å². The highest BCUT2D eigenvalue weighted by molar-refractivity contribution is 5.84. The summed E-state index contributed by atoms with van der Waals surface area (Å²) in [5.74, 6) is 1.17. The number of rotatable bonds is 7. The summed E-state index contributed by atoms with van der Waals surface area (Å²) < 4.78 is 10.4. The van der Waals surface area contributed by atoms with E-state index in [0.29, 0.717) is 18.0 Å². The molecule has 0 radical (unpaired) electrons. The van der Waals surface area contributed by atoms with E-state index in [1.807, 2.05) is 6.07 Å². The van der Waals surface area contributed by atoms with Gasteiger partial charge in [0.15, 0.2) is 0 Å². The Morgan fingerprint density at radius 1 is 1.08 bits per heavy atom. The van der Waals surface area contributed by atoms with Crippen LogP contribution >= 0.6 is 0 Å². The lowest BCUT2D eigenvalue weighted by Crippen LogP contribution is -2.45. The first-order valence-electron chi connectivity index (χ1n) is 8.64. The number of hydrogen-bond donors (Lipinski definition) is 3. The zero-order valence-corrected chi connectivity index (χ0v) is 14.9. The molecule has 1 aliphatic carbocycles. The van der Waals surface area contributed by atoms with Crippen molar-refractivity contribution < 1.29 is 19.1 Å². The third kappa shape index (κ3) is 6.17. The molecule has 1 aromatic carbocycles. The fourth-order valence-corrected chi connectivity index (χ4v) is 2.92. The summed E-state index contributed by atoms with van der Waals surface area (Å²) in [6.07, 6.45) is 5.59. The van der Waals surface area contributed by atoms with Gasteiger partial charge in [0.05, 0.1) is 20.8 Å². The van der Waals surface area contributed by atoms with Crippen molar-refractivity contribution in [3.05, 3.63) is 23.8 Å². The van der Waals surface area contributed by atoms with Gasteiger partial charge in [-0.1, -0.05) is 19.3 Å². The van der Waals surface area contributed by atoms with Crippen molar-refractivity contribution in [1.82, 2.24) is 16.0 Å². The summed E-state index contributed by atoms with van der Waals surface area (Å²) in [6.45, 7) is 0.269. The first kappa shape index (κ1) is 18.9. The molecule has 3 amide bonds. The van der Waals surface area contributed by atoms with E-state index in [-0.39, 0.29) is 18.5 Å². The zero-order valence-electron chi connectivity index (χ0n) is 14.9. The molecule has 25 heavy (non-hydrogen) atoms. The third-order valence-electron chi connectivity index (χ3n) is 4.31. The van der Waals surface area contributed by atoms with E-state index >= 15 is 0 Å². The summed E-state index contributed by atoms with van der Waals surface area (Å²) >= 11 is 0. The Kier molecular flexibility index (Phi) is 7.37. The number of benzene rings is 1. The van der Waals surface area contributed by atoms with Crippen molar-refractivity contribution in [2.45, 2.75) is 44.7 Å². The second kappa shape index (κ2) is 9.76. The Balaban J connectivity index is 1.72. The molecule has 0 unspecified atom stereocenters. The molecule has 0 atom stereocenters. The van der Waals surface area contributed by atoms with E-state index in [1.54, 1.807) is 26.4 Å². The molecule has 1 fully saturated rings. The first-order chi connectivity index (χ1) is 12.1. The Bertz CT molecular complexity index is 586. The van der Waals surface area contributed by atoms with Crippen LogP contribution < -0.4 is 25.4 Å². The maximum absolute atomic E-state index is 11.9. The molecular weight excluding hydrogens is 322 g/mol. The lowest BCUT2D eigenvalue weighted by Gasteiger charge is -2.22. The van der Waals surface area contributed by atoms with Gasteiger partial charge in [0.1, 0.15) is 11.5 Å². The van der Waals surface area contributed by atoms with Gasteiger partial charge in [-0.25, -0.2) is 4.79 Å². The molecule has 1 saturated carbocycles. The summed E-state index contributed by atoms with van der Waals surface area (Å²) in [5, 5.41) is 8.26. The van der Waals surface area contributed by atoms with Gasteiger partial charge in [0.25, 0.3) is 0 Å². The van der Waals surface area contributed by atoms with E-state index in [1.165, 1.54) is 6.42 Å². The second-order valence-corrected chi connectivity index (χ2v) is 6.12. The number of carbonyl (C=O) groups is 2. The van der Waals surface area contributed by atoms with Gasteiger partial charge < -0.3 is 25.4 Å². The molecule has 0 aromatic heterocycles. The molecule has 138 valence electrons. The molecular formula is C18H27N3O4. The van der Waals surface area contributed by atoms with Crippen molar-refractivity contribution in [3.8, 4) is 11.5 Å². The SMILES string of the molecule is COc1ccc(CNC(=O)NCC(=O)NC2CCCCC2)c(OC)c1. The van der Waals surface area contributed by atoms with Gasteiger partial charge in [-0.15, -0.1) is 0 Å². The fraction of sp³-hybridized carbons (Fsp3) is 0.556. The number of ether oxygens (including phenoxy) is 2. The summed E-state index contributed by atoms with van der Waals surface area (Å²) in [4.78, 5) is 23.7. The molecule has 0 heterocycles. The van der Waals surface area contributed by atoms with Crippen LogP contribution in [-0.2, 0) is 11.3 Å². The van der Waals surface area contributed by atoms with Crippen LogP contribution in [0.15, 0.2) is 18.2 Å². The molecule has 0 bridgehead atoms. The van der Waals surface area contributed by atoms with Gasteiger partial charge in [0, 0.05) is 24.2 Å². The molecule has 1 aliphatic rings. The highest BCUT2D eigenvalue weighted by atomic mass is 16.5. The standard InChI is InChI=1S/C18H27N3O4/c1-24-15-9-8-13(16(10-15)25-2)11-19-18(23)20-12-17(22)21-14-6-4-3-5-7-14/h8-10,14H,3-7,11-12H2,1-2H3,(H,21,22)(H2,19,20,23). The molecule has 0 spiro atoms. The predicted octanol–water partition coefficient (Wildman–Crippen LogP) is 1.95. The van der Waals surface area contributed by atoms with E-state index in [9.17, 15) is 9.59 Å². The lowest BCUT2D eigenvalue weighted by atomic mass is 9.95. The van der Waals surface area contributed by atoms with E-state index < -0.39 is 6.03 Å². The van der Waals surface area contributed by atoms with Crippen LogP contribution in [0, 0.1) is 0 Å². The van der Waals surface area contributed by atoms with Crippen LogP contribution in [0.5, 0.6) is 11.5 Å². The number of hydrogen-bond acceptors (Lipinski definition) is 4. The van der Waals surface area contributed by atoms with Crippen LogP contribution in [0.2, 0.25) is 0 Å². The summed E-state index contributed by atoms with van der Waals surface area (Å²) in [6, 6.07) is 5.24. The highest BCUT2D eigenvalue weighted by Gasteiger charge is 2.16. The maximum Gasteiger partial charge on any atom is 0.315 e. The van der Waals surface area contributed by atoms with Gasteiger partial charge in [0.2, 0.25) is 5.91 Å². The molecule has 7 heteroatoms. The minimum Gasteiger partial charge on any atom is -0.497 e. The Morgan fingerprint density at radius 3 is 2.52 bits per heavy atom. The zero-order chi connectivity index (χ0) is 18.1. The van der Waals surface area contributed by atoms with Crippen molar-refractivity contribution in [2.24, 2.45) is 0 Å². The largest absolute Gasteiger partial charge is 0.497 e. The van der Waals surface area contributed by atoms with Crippen molar-refractivity contribution in [1.29, 1.82) is 0 Å². The average Bonchev–Trinajstić information content (AvgIpc) is 2.65. The van der Waals surface area contributed by atoms with E-state index in [0.717, 1.165) is 31.2 Å². The number of amides is 3. The lowest BCUT2D eigenvalue weighted by molar-refractivity contribution is -0.121. The smallest absolute Gasteiger partial charge is 0.315 e. The highest BCUT2D eigenvalue weighted by Crippen LogP contribution is 2.24. The van der Waals surface area contributed by atoms with Gasteiger partial charge in [-0.2, -0.15) is 0 Å². The Hall–Kier alpha value is -2.44. The molecule has 3 N–H and O–H groups in total. The molecule has 1 aromatic rings. The quantitative estimate of drug-likeness (QED) is 0.702. The van der Waals surface area contributed by atoms with E-state index in [4.69, 9.17) is 9.47 Å².